The predicted octanol–water partition coefficient (Wildman–Crippen LogP) is 3.30. The third-order valence-corrected chi connectivity index (χ3v) is 3.05. The molecule has 0 aromatic heterocycles. The lowest BCUT2D eigenvalue weighted by Crippen LogP contribution is -2.21. The van der Waals surface area contributed by atoms with Crippen molar-refractivity contribution in [3.05, 3.63) is 29.8 Å². The number of hydrogen-bond donors (Lipinski definition) is 1. The molecule has 21 heavy (non-hydrogen) atoms. The van der Waals surface area contributed by atoms with Crippen molar-refractivity contribution in [2.45, 2.75) is 33.2 Å². The van der Waals surface area contributed by atoms with Crippen LogP contribution in [0.4, 0.5) is 0 Å². The maximum Gasteiger partial charge on any atom is 0.174 e. The normalized spacial score (nSPS) is 12.1. The van der Waals surface area contributed by atoms with Crippen molar-refractivity contribution >= 4 is 0 Å². The summed E-state index contributed by atoms with van der Waals surface area (Å²) in [6, 6.07) is 10.1. The van der Waals surface area contributed by atoms with Crippen LogP contribution in [-0.4, -0.2) is 26.4 Å². The minimum Gasteiger partial charge on any atom is -0.479 e. The first-order valence-electron chi connectivity index (χ1n) is 7.54. The van der Waals surface area contributed by atoms with E-state index in [-0.39, 0.29) is 6.61 Å². The third-order valence-electron chi connectivity index (χ3n) is 3.05. The van der Waals surface area contributed by atoms with Gasteiger partial charge in [-0.2, -0.15) is 5.26 Å². The molecule has 0 aliphatic rings. The molecule has 4 nitrogen and oxygen atoms in total. The van der Waals surface area contributed by atoms with Crippen molar-refractivity contribution in [3.8, 4) is 11.8 Å². The molecular formula is C17H26N2O2. The first-order chi connectivity index (χ1) is 10.1. The number of nitrogens with one attached hydrogen (secondary N) is 1. The quantitative estimate of drug-likeness (QED) is 0.672. The van der Waals surface area contributed by atoms with Gasteiger partial charge in [0.05, 0.1) is 0 Å². The second-order valence-electron chi connectivity index (χ2n) is 5.51. The molecule has 1 aromatic rings. The number of hydrogen-bond acceptors (Lipinski definition) is 4. The minimum absolute atomic E-state index is 0.0868. The summed E-state index contributed by atoms with van der Waals surface area (Å²) in [4.78, 5) is 0. The Bertz CT molecular complexity index is 423. The molecule has 1 unspecified atom stereocenters. The van der Waals surface area contributed by atoms with Crippen LogP contribution < -0.4 is 10.1 Å². The topological polar surface area (TPSA) is 54.3 Å². The van der Waals surface area contributed by atoms with Crippen molar-refractivity contribution in [1.29, 1.82) is 5.26 Å². The Hall–Kier alpha value is -1.57. The third kappa shape index (κ3) is 7.69. The number of nitrogens with zero attached hydrogens (tertiary/aromatic N) is 1. The highest BCUT2D eigenvalue weighted by molar-refractivity contribution is 5.29. The van der Waals surface area contributed by atoms with Gasteiger partial charge in [0, 0.05) is 19.3 Å². The van der Waals surface area contributed by atoms with Gasteiger partial charge in [0.1, 0.15) is 11.8 Å². The van der Waals surface area contributed by atoms with Crippen molar-refractivity contribution in [3.63, 3.8) is 0 Å². The van der Waals surface area contributed by atoms with Crippen LogP contribution in [0.3, 0.4) is 0 Å². The lowest BCUT2D eigenvalue weighted by Gasteiger charge is -2.15. The Morgan fingerprint density at radius 1 is 1.19 bits per heavy atom. The molecule has 0 saturated heterocycles. The first-order valence-corrected chi connectivity index (χ1v) is 7.54. The zero-order chi connectivity index (χ0) is 15.5. The standard InChI is InChI=1S/C17H26N2O2/c1-14(2)13-20-11-4-10-19-15(3)16-5-7-17(8-6-16)21-12-9-18/h5-8,14-15,19H,4,10-13H2,1-3H3. The zero-order valence-corrected chi connectivity index (χ0v) is 13.3. The van der Waals surface area contributed by atoms with Crippen molar-refractivity contribution in [2.75, 3.05) is 26.4 Å². The van der Waals surface area contributed by atoms with Crippen molar-refractivity contribution in [1.82, 2.24) is 5.32 Å². The maximum absolute atomic E-state index is 8.46. The molecule has 116 valence electrons. The van der Waals surface area contributed by atoms with E-state index in [1.165, 1.54) is 5.56 Å². The lowest BCUT2D eigenvalue weighted by molar-refractivity contribution is 0.107. The van der Waals surface area contributed by atoms with E-state index in [9.17, 15) is 0 Å². The van der Waals surface area contributed by atoms with Gasteiger partial charge < -0.3 is 14.8 Å². The molecule has 4 heteroatoms. The Labute approximate surface area is 128 Å². The average Bonchev–Trinajstić information content (AvgIpc) is 2.48. The first kappa shape index (κ1) is 17.5. The molecule has 0 heterocycles. The fourth-order valence-electron chi connectivity index (χ4n) is 1.90. The van der Waals surface area contributed by atoms with Gasteiger partial charge in [0.15, 0.2) is 6.61 Å². The number of rotatable bonds is 10. The van der Waals surface area contributed by atoms with Crippen LogP contribution in [-0.2, 0) is 4.74 Å². The van der Waals surface area contributed by atoms with E-state index in [0.717, 1.165) is 31.9 Å². The van der Waals surface area contributed by atoms with E-state index in [4.69, 9.17) is 14.7 Å². The van der Waals surface area contributed by atoms with Gasteiger partial charge in [0.25, 0.3) is 0 Å². The summed E-state index contributed by atoms with van der Waals surface area (Å²) >= 11 is 0. The number of ether oxygens (including phenoxy) is 2. The molecule has 1 aromatic carbocycles. The van der Waals surface area contributed by atoms with Crippen LogP contribution in [0.5, 0.6) is 5.75 Å². The van der Waals surface area contributed by atoms with Crippen LogP contribution in [0.1, 0.15) is 38.8 Å². The van der Waals surface area contributed by atoms with Gasteiger partial charge in [-0.05, 0) is 43.5 Å². The predicted molar refractivity (Wildman–Crippen MR) is 84.2 cm³/mol. The molecule has 1 N–H and O–H groups in total. The molecule has 0 fully saturated rings. The summed E-state index contributed by atoms with van der Waals surface area (Å²) in [6.45, 7) is 9.11. The van der Waals surface area contributed by atoms with Gasteiger partial charge >= 0.3 is 0 Å². The second-order valence-corrected chi connectivity index (χ2v) is 5.51. The molecule has 0 aliphatic heterocycles. The van der Waals surface area contributed by atoms with Crippen molar-refractivity contribution in [2.24, 2.45) is 5.92 Å². The van der Waals surface area contributed by atoms with Gasteiger partial charge in [-0.15, -0.1) is 0 Å². The lowest BCUT2D eigenvalue weighted by atomic mass is 10.1. The van der Waals surface area contributed by atoms with E-state index >= 15 is 0 Å². The number of benzene rings is 1. The Balaban J connectivity index is 2.22. The largest absolute Gasteiger partial charge is 0.479 e. The Morgan fingerprint density at radius 2 is 1.90 bits per heavy atom. The highest BCUT2D eigenvalue weighted by Crippen LogP contribution is 2.17. The molecular weight excluding hydrogens is 264 g/mol. The minimum atomic E-state index is 0.0868. The van der Waals surface area contributed by atoms with E-state index in [1.54, 1.807) is 0 Å². The Kier molecular flexibility index (Phi) is 8.49. The zero-order valence-electron chi connectivity index (χ0n) is 13.3. The van der Waals surface area contributed by atoms with Gasteiger partial charge in [-0.3, -0.25) is 0 Å². The molecule has 0 bridgehead atoms. The molecule has 0 radical (unpaired) electrons. The van der Waals surface area contributed by atoms with E-state index in [0.29, 0.717) is 12.0 Å². The summed E-state index contributed by atoms with van der Waals surface area (Å²) in [7, 11) is 0. The summed E-state index contributed by atoms with van der Waals surface area (Å²) in [5.41, 5.74) is 1.21. The SMILES string of the molecule is CC(C)COCCCNC(C)c1ccc(OCC#N)cc1. The van der Waals surface area contributed by atoms with Crippen LogP contribution in [0, 0.1) is 17.2 Å². The highest BCUT2D eigenvalue weighted by atomic mass is 16.5. The summed E-state index contributed by atoms with van der Waals surface area (Å²) in [5, 5.41) is 11.9. The summed E-state index contributed by atoms with van der Waals surface area (Å²) in [6.07, 6.45) is 1.01. The molecule has 0 saturated carbocycles. The molecule has 1 atom stereocenters. The summed E-state index contributed by atoms with van der Waals surface area (Å²) in [5.74, 6) is 1.33. The van der Waals surface area contributed by atoms with Gasteiger partial charge in [-0.1, -0.05) is 26.0 Å². The van der Waals surface area contributed by atoms with E-state index in [2.05, 4.69) is 26.1 Å². The van der Waals surface area contributed by atoms with Gasteiger partial charge in [-0.25, -0.2) is 0 Å². The van der Waals surface area contributed by atoms with E-state index < -0.39 is 0 Å². The molecule has 0 amide bonds. The molecule has 1 rings (SSSR count). The van der Waals surface area contributed by atoms with Crippen LogP contribution >= 0.6 is 0 Å². The van der Waals surface area contributed by atoms with Gasteiger partial charge in [0.2, 0.25) is 0 Å². The van der Waals surface area contributed by atoms with Crippen LogP contribution in [0.25, 0.3) is 0 Å². The monoisotopic (exact) mass is 290 g/mol. The summed E-state index contributed by atoms with van der Waals surface area (Å²) < 4.78 is 10.8. The maximum atomic E-state index is 8.46. The van der Waals surface area contributed by atoms with Crippen LogP contribution in [0.2, 0.25) is 0 Å². The van der Waals surface area contributed by atoms with Crippen LogP contribution in [0.15, 0.2) is 24.3 Å². The number of nitriles is 1. The second kappa shape index (κ2) is 10.2. The smallest absolute Gasteiger partial charge is 0.174 e. The van der Waals surface area contributed by atoms with E-state index in [1.807, 2.05) is 30.3 Å². The molecule has 0 spiro atoms. The average molecular weight is 290 g/mol. The molecule has 0 aliphatic carbocycles. The fraction of sp³-hybridized carbons (Fsp3) is 0.588. The fourth-order valence-corrected chi connectivity index (χ4v) is 1.90. The van der Waals surface area contributed by atoms with Crippen molar-refractivity contribution < 1.29 is 9.47 Å². The highest BCUT2D eigenvalue weighted by Gasteiger charge is 2.04. The Morgan fingerprint density at radius 3 is 2.52 bits per heavy atom.